The molecule has 0 spiro atoms. The lowest BCUT2D eigenvalue weighted by Gasteiger charge is -2.16. The smallest absolute Gasteiger partial charge is 0.303 e. The highest BCUT2D eigenvalue weighted by molar-refractivity contribution is 8.00. The summed E-state index contributed by atoms with van der Waals surface area (Å²) >= 11 is 13.3. The largest absolute Gasteiger partial charge is 0.481 e. The fourth-order valence-corrected chi connectivity index (χ4v) is 3.97. The first-order chi connectivity index (χ1) is 13.8. The highest BCUT2D eigenvalue weighted by atomic mass is 35.5. The first-order valence-corrected chi connectivity index (χ1v) is 10.5. The Morgan fingerprint density at radius 2 is 1.69 bits per heavy atom. The van der Waals surface area contributed by atoms with Crippen molar-refractivity contribution in [2.45, 2.75) is 36.3 Å². The molecule has 2 aromatic rings. The van der Waals surface area contributed by atoms with Gasteiger partial charge in [-0.05, 0) is 42.8 Å². The number of anilines is 2. The van der Waals surface area contributed by atoms with Gasteiger partial charge in [0.05, 0.1) is 11.7 Å². The van der Waals surface area contributed by atoms with E-state index in [1.807, 2.05) is 13.0 Å². The van der Waals surface area contributed by atoms with Crippen molar-refractivity contribution in [3.05, 3.63) is 52.5 Å². The summed E-state index contributed by atoms with van der Waals surface area (Å²) in [6, 6.07) is 11.9. The number of hydrogen-bond acceptors (Lipinski definition) is 4. The van der Waals surface area contributed by atoms with Gasteiger partial charge in [0.1, 0.15) is 0 Å². The third-order valence-corrected chi connectivity index (χ3v) is 5.55. The van der Waals surface area contributed by atoms with E-state index in [4.69, 9.17) is 28.3 Å². The molecule has 3 N–H and O–H groups in total. The molecule has 1 atom stereocenters. The van der Waals surface area contributed by atoms with E-state index in [1.54, 1.807) is 36.4 Å². The lowest BCUT2D eigenvalue weighted by atomic mass is 10.2. The number of carbonyl (C=O) groups excluding carboxylic acids is 2. The summed E-state index contributed by atoms with van der Waals surface area (Å²) in [7, 11) is 0. The first-order valence-electron chi connectivity index (χ1n) is 8.82. The topological polar surface area (TPSA) is 95.5 Å². The van der Waals surface area contributed by atoms with E-state index in [0.717, 1.165) is 4.90 Å². The minimum atomic E-state index is -1.03. The van der Waals surface area contributed by atoms with Gasteiger partial charge in [0, 0.05) is 32.7 Å². The molecule has 154 valence electrons. The van der Waals surface area contributed by atoms with Crippen LogP contribution in [0, 0.1) is 0 Å². The van der Waals surface area contributed by atoms with Crippen LogP contribution in [0.4, 0.5) is 11.4 Å². The SMILES string of the molecule is CCC(Sc1cccc(NC(=O)CCC(=O)O)c1)C(=O)Nc1cc(Cl)cc(Cl)c1. The molecule has 0 saturated carbocycles. The van der Waals surface area contributed by atoms with E-state index in [0.29, 0.717) is 27.8 Å². The van der Waals surface area contributed by atoms with Crippen molar-refractivity contribution < 1.29 is 19.5 Å². The summed E-state index contributed by atoms with van der Waals surface area (Å²) in [5.74, 6) is -1.59. The number of rotatable bonds is 9. The normalized spacial score (nSPS) is 11.6. The molecule has 2 rings (SSSR count). The van der Waals surface area contributed by atoms with Gasteiger partial charge in [-0.15, -0.1) is 11.8 Å². The number of thioether (sulfide) groups is 1. The standard InChI is InChI=1S/C20H20Cl2N2O4S/c1-2-17(20(28)24-15-9-12(21)8-13(22)10-15)29-16-5-3-4-14(11-16)23-18(25)6-7-19(26)27/h3-5,8-11,17H,2,6-7H2,1H3,(H,23,25)(H,24,28)(H,26,27). The Morgan fingerprint density at radius 1 is 1.00 bits per heavy atom. The summed E-state index contributed by atoms with van der Waals surface area (Å²) in [5.41, 5.74) is 1.06. The molecule has 0 aliphatic carbocycles. The number of nitrogens with one attached hydrogen (secondary N) is 2. The maximum atomic E-state index is 12.6. The van der Waals surface area contributed by atoms with Crippen molar-refractivity contribution in [1.82, 2.24) is 0 Å². The molecule has 0 aliphatic rings. The zero-order valence-corrected chi connectivity index (χ0v) is 17.9. The Kier molecular flexibility index (Phi) is 8.82. The number of benzene rings is 2. The van der Waals surface area contributed by atoms with E-state index in [2.05, 4.69) is 10.6 Å². The maximum absolute atomic E-state index is 12.6. The number of hydrogen-bond donors (Lipinski definition) is 3. The van der Waals surface area contributed by atoms with Gasteiger partial charge in [-0.25, -0.2) is 0 Å². The van der Waals surface area contributed by atoms with Crippen LogP contribution in [0.3, 0.4) is 0 Å². The van der Waals surface area contributed by atoms with Crippen molar-refractivity contribution in [3.63, 3.8) is 0 Å². The van der Waals surface area contributed by atoms with Gasteiger partial charge in [0.2, 0.25) is 11.8 Å². The van der Waals surface area contributed by atoms with Crippen LogP contribution < -0.4 is 10.6 Å². The van der Waals surface area contributed by atoms with Crippen LogP contribution in [0.25, 0.3) is 0 Å². The molecule has 0 saturated heterocycles. The van der Waals surface area contributed by atoms with Crippen molar-refractivity contribution in [1.29, 1.82) is 0 Å². The number of amides is 2. The van der Waals surface area contributed by atoms with E-state index in [-0.39, 0.29) is 29.9 Å². The zero-order valence-electron chi connectivity index (χ0n) is 15.6. The Balaban J connectivity index is 2.01. The number of aliphatic carboxylic acids is 1. The van der Waals surface area contributed by atoms with Crippen LogP contribution in [0.1, 0.15) is 26.2 Å². The van der Waals surface area contributed by atoms with Crippen molar-refractivity contribution in [2.75, 3.05) is 10.6 Å². The van der Waals surface area contributed by atoms with Gasteiger partial charge in [0.25, 0.3) is 0 Å². The minimum absolute atomic E-state index is 0.102. The summed E-state index contributed by atoms with van der Waals surface area (Å²) in [6.07, 6.45) is 0.251. The predicted molar refractivity (Wildman–Crippen MR) is 117 cm³/mol. The summed E-state index contributed by atoms with van der Waals surface area (Å²) in [4.78, 5) is 35.8. The molecule has 1 unspecified atom stereocenters. The van der Waals surface area contributed by atoms with Crippen molar-refractivity contribution >= 4 is 64.1 Å². The predicted octanol–water partition coefficient (Wildman–Crippen LogP) is 5.31. The third-order valence-electron chi connectivity index (χ3n) is 3.76. The molecule has 6 nitrogen and oxygen atoms in total. The fraction of sp³-hybridized carbons (Fsp3) is 0.250. The van der Waals surface area contributed by atoms with E-state index >= 15 is 0 Å². The lowest BCUT2D eigenvalue weighted by molar-refractivity contribution is -0.138. The molecule has 0 bridgehead atoms. The number of carboxylic acids is 1. The molecule has 0 aliphatic heterocycles. The van der Waals surface area contributed by atoms with Crippen molar-refractivity contribution in [2.24, 2.45) is 0 Å². The second-order valence-corrected chi connectivity index (χ2v) is 8.28. The average Bonchev–Trinajstić information content (AvgIpc) is 2.63. The summed E-state index contributed by atoms with van der Waals surface area (Å²) in [5, 5.41) is 14.6. The molecule has 0 aromatic heterocycles. The average molecular weight is 455 g/mol. The Bertz CT molecular complexity index is 888. The van der Waals surface area contributed by atoms with Crippen LogP contribution in [-0.4, -0.2) is 28.1 Å². The number of carboxylic acid groups (broad SMARTS) is 1. The third kappa shape index (κ3) is 7.97. The Hall–Kier alpha value is -2.22. The quantitative estimate of drug-likeness (QED) is 0.446. The monoisotopic (exact) mass is 454 g/mol. The molecule has 2 aromatic carbocycles. The van der Waals surface area contributed by atoms with Crippen LogP contribution in [-0.2, 0) is 14.4 Å². The summed E-state index contributed by atoms with van der Waals surface area (Å²) in [6.45, 7) is 1.90. The van der Waals surface area contributed by atoms with E-state index < -0.39 is 5.97 Å². The molecule has 0 fully saturated rings. The van der Waals surface area contributed by atoms with Crippen LogP contribution in [0.15, 0.2) is 47.4 Å². The van der Waals surface area contributed by atoms with Gasteiger partial charge in [-0.3, -0.25) is 14.4 Å². The van der Waals surface area contributed by atoms with Gasteiger partial charge >= 0.3 is 5.97 Å². The van der Waals surface area contributed by atoms with E-state index in [1.165, 1.54) is 11.8 Å². The molecule has 29 heavy (non-hydrogen) atoms. The molecule has 9 heteroatoms. The second-order valence-electron chi connectivity index (χ2n) is 6.13. The first kappa shape index (κ1) is 23.1. The highest BCUT2D eigenvalue weighted by Crippen LogP contribution is 2.29. The number of carbonyl (C=O) groups is 3. The maximum Gasteiger partial charge on any atom is 0.303 e. The molecular weight excluding hydrogens is 435 g/mol. The van der Waals surface area contributed by atoms with Crippen LogP contribution in [0.2, 0.25) is 10.0 Å². The van der Waals surface area contributed by atoms with Gasteiger partial charge in [-0.2, -0.15) is 0 Å². The highest BCUT2D eigenvalue weighted by Gasteiger charge is 2.19. The Labute approximate surface area is 183 Å². The van der Waals surface area contributed by atoms with Gasteiger partial charge in [0.15, 0.2) is 0 Å². The van der Waals surface area contributed by atoms with Crippen LogP contribution >= 0.6 is 35.0 Å². The number of halogens is 2. The zero-order chi connectivity index (χ0) is 21.4. The molecule has 0 radical (unpaired) electrons. The van der Waals surface area contributed by atoms with Crippen LogP contribution in [0.5, 0.6) is 0 Å². The lowest BCUT2D eigenvalue weighted by Crippen LogP contribution is -2.24. The van der Waals surface area contributed by atoms with Gasteiger partial charge in [-0.1, -0.05) is 36.2 Å². The fourth-order valence-electron chi connectivity index (χ4n) is 2.43. The molecule has 0 heterocycles. The second kappa shape index (κ2) is 11.1. The van der Waals surface area contributed by atoms with Gasteiger partial charge < -0.3 is 15.7 Å². The van der Waals surface area contributed by atoms with Crippen molar-refractivity contribution in [3.8, 4) is 0 Å². The van der Waals surface area contributed by atoms with E-state index in [9.17, 15) is 14.4 Å². The molecular formula is C20H20Cl2N2O4S. The Morgan fingerprint density at radius 3 is 2.31 bits per heavy atom. The molecule has 2 amide bonds. The minimum Gasteiger partial charge on any atom is -0.481 e. The summed E-state index contributed by atoms with van der Waals surface area (Å²) < 4.78 is 0.